The van der Waals surface area contributed by atoms with Crippen LogP contribution >= 0.6 is 0 Å². The lowest BCUT2D eigenvalue weighted by molar-refractivity contribution is -0.384. The van der Waals surface area contributed by atoms with Gasteiger partial charge >= 0.3 is 5.97 Å². The fourth-order valence-corrected chi connectivity index (χ4v) is 1.61. The molecule has 0 spiro atoms. The first-order valence-corrected chi connectivity index (χ1v) is 5.71. The molecule has 6 nitrogen and oxygen atoms in total. The maximum atomic E-state index is 12.0. The number of para-hydroxylation sites is 2. The normalized spacial score (nSPS) is 9.85. The lowest BCUT2D eigenvalue weighted by Gasteiger charge is -2.08. The number of carbonyl (C=O) groups is 1. The predicted octanol–water partition coefficient (Wildman–Crippen LogP) is 2.82. The fraction of sp³-hybridized carbons (Fsp3) is 0.0714. The molecule has 0 radical (unpaired) electrons. The molecule has 0 atom stereocenters. The zero-order chi connectivity index (χ0) is 14.5. The van der Waals surface area contributed by atoms with Gasteiger partial charge in [0.2, 0.25) is 0 Å². The van der Waals surface area contributed by atoms with Crippen LogP contribution in [-0.2, 0) is 0 Å². The molecule has 0 saturated carbocycles. The van der Waals surface area contributed by atoms with E-state index in [0.717, 1.165) is 6.07 Å². The number of carbonyl (C=O) groups excluding carboxylic acids is 1. The summed E-state index contributed by atoms with van der Waals surface area (Å²) in [6, 6.07) is 12.0. The molecule has 0 heterocycles. The molecule has 0 aliphatic rings. The van der Waals surface area contributed by atoms with Crippen LogP contribution < -0.4 is 9.47 Å². The number of hydrogen-bond acceptors (Lipinski definition) is 5. The summed E-state index contributed by atoms with van der Waals surface area (Å²) in [5.74, 6) is -0.0176. The van der Waals surface area contributed by atoms with Gasteiger partial charge < -0.3 is 9.47 Å². The topological polar surface area (TPSA) is 78.7 Å². The molecular weight excluding hydrogens is 262 g/mol. The Kier molecular flexibility index (Phi) is 3.95. The molecule has 0 unspecified atom stereocenters. The lowest BCUT2D eigenvalue weighted by atomic mass is 10.2. The minimum absolute atomic E-state index is 0.102. The van der Waals surface area contributed by atoms with Gasteiger partial charge in [0.15, 0.2) is 11.5 Å². The molecule has 2 aromatic carbocycles. The van der Waals surface area contributed by atoms with Gasteiger partial charge in [0, 0.05) is 12.1 Å². The van der Waals surface area contributed by atoms with Gasteiger partial charge in [-0.2, -0.15) is 0 Å². The number of nitro benzene ring substituents is 1. The average molecular weight is 273 g/mol. The van der Waals surface area contributed by atoms with E-state index in [0.29, 0.717) is 5.75 Å². The van der Waals surface area contributed by atoms with Crippen molar-refractivity contribution in [3.05, 3.63) is 64.2 Å². The molecule has 102 valence electrons. The van der Waals surface area contributed by atoms with E-state index in [1.165, 1.54) is 25.3 Å². The fourth-order valence-electron chi connectivity index (χ4n) is 1.61. The van der Waals surface area contributed by atoms with Crippen molar-refractivity contribution in [3.8, 4) is 11.5 Å². The third kappa shape index (κ3) is 2.92. The zero-order valence-electron chi connectivity index (χ0n) is 10.6. The van der Waals surface area contributed by atoms with Gasteiger partial charge in [-0.3, -0.25) is 10.1 Å². The van der Waals surface area contributed by atoms with Crippen molar-refractivity contribution in [2.24, 2.45) is 0 Å². The Morgan fingerprint density at radius 3 is 2.45 bits per heavy atom. The van der Waals surface area contributed by atoms with Crippen LogP contribution in [0.5, 0.6) is 11.5 Å². The van der Waals surface area contributed by atoms with E-state index in [1.54, 1.807) is 24.3 Å². The molecule has 2 rings (SSSR count). The summed E-state index contributed by atoms with van der Waals surface area (Å²) < 4.78 is 10.2. The Morgan fingerprint density at radius 2 is 1.80 bits per heavy atom. The van der Waals surface area contributed by atoms with E-state index in [9.17, 15) is 14.9 Å². The van der Waals surface area contributed by atoms with Gasteiger partial charge in [-0.1, -0.05) is 18.2 Å². The van der Waals surface area contributed by atoms with Crippen molar-refractivity contribution in [1.29, 1.82) is 0 Å². The monoisotopic (exact) mass is 273 g/mol. The van der Waals surface area contributed by atoms with Crippen LogP contribution in [0.1, 0.15) is 10.4 Å². The summed E-state index contributed by atoms with van der Waals surface area (Å²) in [6.07, 6.45) is 0. The highest BCUT2D eigenvalue weighted by atomic mass is 16.6. The summed E-state index contributed by atoms with van der Waals surface area (Å²) in [6.45, 7) is 0. The number of nitrogens with zero attached hydrogens (tertiary/aromatic N) is 1. The van der Waals surface area contributed by atoms with E-state index in [4.69, 9.17) is 9.47 Å². The molecular formula is C14H11NO5. The number of hydrogen-bond donors (Lipinski definition) is 0. The van der Waals surface area contributed by atoms with Crippen molar-refractivity contribution in [2.45, 2.75) is 0 Å². The number of methoxy groups -OCH3 is 1. The highest BCUT2D eigenvalue weighted by molar-refractivity contribution is 5.92. The van der Waals surface area contributed by atoms with Crippen molar-refractivity contribution in [1.82, 2.24) is 0 Å². The smallest absolute Gasteiger partial charge is 0.343 e. The minimum atomic E-state index is -0.682. The molecule has 6 heteroatoms. The number of benzene rings is 2. The highest BCUT2D eigenvalue weighted by Gasteiger charge is 2.15. The van der Waals surface area contributed by atoms with E-state index < -0.39 is 10.9 Å². The maximum Gasteiger partial charge on any atom is 0.343 e. The Hall–Kier alpha value is -2.89. The number of esters is 1. The van der Waals surface area contributed by atoms with Gasteiger partial charge in [0.25, 0.3) is 5.69 Å². The van der Waals surface area contributed by atoms with Crippen LogP contribution in [-0.4, -0.2) is 18.0 Å². The molecule has 0 amide bonds. The average Bonchev–Trinajstić information content (AvgIpc) is 2.48. The van der Waals surface area contributed by atoms with Gasteiger partial charge in [-0.15, -0.1) is 0 Å². The van der Waals surface area contributed by atoms with Gasteiger partial charge in [0.05, 0.1) is 17.6 Å². The Labute approximate surface area is 114 Å². The largest absolute Gasteiger partial charge is 0.493 e. The van der Waals surface area contributed by atoms with Gasteiger partial charge in [0.1, 0.15) is 0 Å². The second-order valence-corrected chi connectivity index (χ2v) is 3.85. The molecule has 0 aromatic heterocycles. The second-order valence-electron chi connectivity index (χ2n) is 3.85. The molecule has 0 bridgehead atoms. The maximum absolute atomic E-state index is 12.0. The lowest BCUT2D eigenvalue weighted by Crippen LogP contribution is -2.09. The highest BCUT2D eigenvalue weighted by Crippen LogP contribution is 2.27. The zero-order valence-corrected chi connectivity index (χ0v) is 10.6. The summed E-state index contributed by atoms with van der Waals surface area (Å²) >= 11 is 0. The van der Waals surface area contributed by atoms with E-state index in [2.05, 4.69) is 0 Å². The molecule has 20 heavy (non-hydrogen) atoms. The molecule has 0 aliphatic heterocycles. The van der Waals surface area contributed by atoms with Crippen LogP contribution in [0.25, 0.3) is 0 Å². The van der Waals surface area contributed by atoms with Crippen LogP contribution in [0.15, 0.2) is 48.5 Å². The molecule has 0 fully saturated rings. The van der Waals surface area contributed by atoms with Gasteiger partial charge in [-0.25, -0.2) is 4.79 Å². The number of nitro groups is 1. The van der Waals surface area contributed by atoms with E-state index in [1.807, 2.05) is 0 Å². The first-order chi connectivity index (χ1) is 9.61. The van der Waals surface area contributed by atoms with Crippen LogP contribution in [0.4, 0.5) is 5.69 Å². The van der Waals surface area contributed by atoms with Crippen LogP contribution in [0.3, 0.4) is 0 Å². The van der Waals surface area contributed by atoms with Gasteiger partial charge in [-0.05, 0) is 18.2 Å². The number of non-ortho nitro benzene ring substituents is 1. The Morgan fingerprint density at radius 1 is 1.10 bits per heavy atom. The summed E-state index contributed by atoms with van der Waals surface area (Å²) in [7, 11) is 1.46. The molecule has 2 aromatic rings. The first kappa shape index (κ1) is 13.5. The molecule has 0 aliphatic carbocycles. The minimum Gasteiger partial charge on any atom is -0.493 e. The van der Waals surface area contributed by atoms with Crippen molar-refractivity contribution >= 4 is 11.7 Å². The van der Waals surface area contributed by atoms with Crippen LogP contribution in [0.2, 0.25) is 0 Å². The number of ether oxygens (including phenoxy) is 2. The third-order valence-electron chi connectivity index (χ3n) is 2.56. The van der Waals surface area contributed by atoms with E-state index in [-0.39, 0.29) is 17.0 Å². The first-order valence-electron chi connectivity index (χ1n) is 5.71. The summed E-state index contributed by atoms with van der Waals surface area (Å²) in [5, 5.41) is 10.7. The van der Waals surface area contributed by atoms with Crippen molar-refractivity contribution in [3.63, 3.8) is 0 Å². The summed E-state index contributed by atoms with van der Waals surface area (Å²) in [5.41, 5.74) is -0.0652. The Balaban J connectivity index is 2.24. The summed E-state index contributed by atoms with van der Waals surface area (Å²) in [4.78, 5) is 22.1. The third-order valence-corrected chi connectivity index (χ3v) is 2.56. The number of rotatable bonds is 4. The molecule has 0 saturated heterocycles. The quantitative estimate of drug-likeness (QED) is 0.370. The van der Waals surface area contributed by atoms with Crippen molar-refractivity contribution in [2.75, 3.05) is 7.11 Å². The standard InChI is InChI=1S/C14H11NO5/c1-19-12-7-2-3-8-13(12)20-14(16)10-5-4-6-11(9-10)15(17)18/h2-9H,1H3. The second kappa shape index (κ2) is 5.83. The SMILES string of the molecule is COc1ccccc1OC(=O)c1cccc([N+](=O)[O-])c1. The van der Waals surface area contributed by atoms with Crippen LogP contribution in [0, 0.1) is 10.1 Å². The predicted molar refractivity (Wildman–Crippen MR) is 71.0 cm³/mol. The molecule has 0 N–H and O–H groups in total. The van der Waals surface area contributed by atoms with E-state index >= 15 is 0 Å². The van der Waals surface area contributed by atoms with Crippen molar-refractivity contribution < 1.29 is 19.2 Å². The Bertz CT molecular complexity index is 654.